The predicted octanol–water partition coefficient (Wildman–Crippen LogP) is 3.36. The molecule has 0 saturated carbocycles. The highest BCUT2D eigenvalue weighted by Gasteiger charge is 2.20. The highest BCUT2D eigenvalue weighted by molar-refractivity contribution is 7.21. The molecule has 0 aliphatic rings. The van der Waals surface area contributed by atoms with Gasteiger partial charge in [-0.3, -0.25) is 0 Å². The summed E-state index contributed by atoms with van der Waals surface area (Å²) in [7, 11) is 0. The second-order valence-corrected chi connectivity index (χ2v) is 7.61. The van der Waals surface area contributed by atoms with Crippen LogP contribution in [0.15, 0.2) is 36.4 Å². The van der Waals surface area contributed by atoms with Gasteiger partial charge < -0.3 is 21.5 Å². The third kappa shape index (κ3) is 3.98. The average Bonchev–Trinajstić information content (AvgIpc) is 3.03. The fourth-order valence-electron chi connectivity index (χ4n) is 3.03. The summed E-state index contributed by atoms with van der Waals surface area (Å²) in [5, 5.41) is 3.81. The van der Waals surface area contributed by atoms with Crippen LogP contribution in [0.3, 0.4) is 0 Å². The number of thiophene rings is 1. The van der Waals surface area contributed by atoms with Crippen molar-refractivity contribution in [1.29, 1.82) is 0 Å². The number of nitrogens with zero attached hydrogens (tertiary/aromatic N) is 4. The lowest BCUT2D eigenvalue weighted by molar-refractivity contribution is 0.0469. The van der Waals surface area contributed by atoms with E-state index in [0.29, 0.717) is 15.4 Å². The number of hydrogen-bond donors (Lipinski definition) is 3. The van der Waals surface area contributed by atoms with Crippen LogP contribution >= 0.6 is 11.3 Å². The number of carbonyl (C=O) groups excluding carboxylic acids is 1. The molecule has 0 spiro atoms. The molecule has 4 aromatic rings. The Labute approximate surface area is 176 Å². The zero-order valence-corrected chi connectivity index (χ0v) is 17.2. The van der Waals surface area contributed by atoms with Crippen LogP contribution in [0.2, 0.25) is 0 Å². The number of fused-ring (bicyclic) bond motifs is 1. The normalized spacial score (nSPS) is 10.9. The van der Waals surface area contributed by atoms with Crippen molar-refractivity contribution in [3.05, 3.63) is 58.4 Å². The Morgan fingerprint density at radius 1 is 1.10 bits per heavy atom. The maximum Gasteiger partial charge on any atom is 0.350 e. The number of pyridine rings is 1. The summed E-state index contributed by atoms with van der Waals surface area (Å²) in [4.78, 5) is 30.4. The molecular formula is C20H19N7O2S. The van der Waals surface area contributed by atoms with E-state index in [1.807, 2.05) is 50.2 Å². The summed E-state index contributed by atoms with van der Waals surface area (Å²) in [6.45, 7) is 3.66. The van der Waals surface area contributed by atoms with Gasteiger partial charge in [0.05, 0.1) is 5.69 Å². The van der Waals surface area contributed by atoms with E-state index in [2.05, 4.69) is 25.3 Å². The molecule has 3 aromatic heterocycles. The van der Waals surface area contributed by atoms with E-state index in [9.17, 15) is 4.79 Å². The number of aromatic nitrogens is 4. The van der Waals surface area contributed by atoms with E-state index in [0.717, 1.165) is 22.3 Å². The minimum atomic E-state index is -0.566. The number of benzene rings is 1. The monoisotopic (exact) mass is 421 g/mol. The molecule has 0 radical (unpaired) electrons. The minimum Gasteiger partial charge on any atom is -0.453 e. The first-order valence-electron chi connectivity index (χ1n) is 9.06. The lowest BCUT2D eigenvalue weighted by atomic mass is 10.1. The van der Waals surface area contributed by atoms with Crippen molar-refractivity contribution in [3.8, 4) is 0 Å². The van der Waals surface area contributed by atoms with Crippen LogP contribution in [-0.2, 0) is 11.3 Å². The van der Waals surface area contributed by atoms with Crippen molar-refractivity contribution >= 4 is 50.8 Å². The number of esters is 1. The molecule has 10 heteroatoms. The van der Waals surface area contributed by atoms with Gasteiger partial charge in [-0.15, -0.1) is 11.3 Å². The highest BCUT2D eigenvalue weighted by atomic mass is 32.1. The second kappa shape index (κ2) is 7.91. The number of nitrogens with two attached hydrogens (primary N) is 2. The molecule has 0 fully saturated rings. The standard InChI is InChI=1S/C20H19N7O2S/c1-10-8-11(2)23-17-14(10)15(21)16(30-17)18(28)29-9-13-25-19(22)27-20(26-13)24-12-6-4-3-5-7-12/h3-8H,9,21H2,1-2H3,(H3,22,24,25,26,27). The Balaban J connectivity index is 1.52. The number of para-hydroxylation sites is 1. The first-order valence-corrected chi connectivity index (χ1v) is 9.88. The Bertz CT molecular complexity index is 1240. The maximum absolute atomic E-state index is 12.6. The number of ether oxygens (including phenoxy) is 1. The molecule has 152 valence electrons. The van der Waals surface area contributed by atoms with Gasteiger partial charge in [0.2, 0.25) is 11.9 Å². The molecule has 3 heterocycles. The Morgan fingerprint density at radius 3 is 2.63 bits per heavy atom. The Hall–Kier alpha value is -3.79. The van der Waals surface area contributed by atoms with Gasteiger partial charge >= 0.3 is 5.97 Å². The number of anilines is 4. The number of carbonyl (C=O) groups is 1. The number of hydrogen-bond acceptors (Lipinski definition) is 10. The van der Waals surface area contributed by atoms with E-state index >= 15 is 0 Å². The van der Waals surface area contributed by atoms with Gasteiger partial charge in [0.15, 0.2) is 12.4 Å². The summed E-state index contributed by atoms with van der Waals surface area (Å²) >= 11 is 1.20. The lowest BCUT2D eigenvalue weighted by Gasteiger charge is -2.08. The number of nitrogen functional groups attached to an aromatic ring is 2. The molecule has 9 nitrogen and oxygen atoms in total. The van der Waals surface area contributed by atoms with Gasteiger partial charge in [-0.25, -0.2) is 9.78 Å². The minimum absolute atomic E-state index is 0.0196. The van der Waals surface area contributed by atoms with Crippen molar-refractivity contribution < 1.29 is 9.53 Å². The maximum atomic E-state index is 12.6. The topological polar surface area (TPSA) is 142 Å². The van der Waals surface area contributed by atoms with Crippen molar-refractivity contribution in [2.24, 2.45) is 0 Å². The molecule has 0 bridgehead atoms. The predicted molar refractivity (Wildman–Crippen MR) is 117 cm³/mol. The molecule has 4 rings (SSSR count). The Morgan fingerprint density at radius 2 is 1.87 bits per heavy atom. The summed E-state index contributed by atoms with van der Waals surface area (Å²) in [6.07, 6.45) is 0. The first kappa shape index (κ1) is 19.5. The van der Waals surface area contributed by atoms with Crippen molar-refractivity contribution in [1.82, 2.24) is 19.9 Å². The van der Waals surface area contributed by atoms with E-state index in [1.165, 1.54) is 11.3 Å². The van der Waals surface area contributed by atoms with Crippen molar-refractivity contribution in [2.75, 3.05) is 16.8 Å². The van der Waals surface area contributed by atoms with Gasteiger partial charge in [-0.2, -0.15) is 15.0 Å². The van der Waals surface area contributed by atoms with Crippen molar-refractivity contribution in [3.63, 3.8) is 0 Å². The number of rotatable bonds is 5. The smallest absolute Gasteiger partial charge is 0.350 e. The zero-order valence-electron chi connectivity index (χ0n) is 16.3. The summed E-state index contributed by atoms with van der Waals surface area (Å²) < 4.78 is 5.38. The fourth-order valence-corrected chi connectivity index (χ4v) is 4.14. The van der Waals surface area contributed by atoms with E-state index in [1.54, 1.807) is 0 Å². The van der Waals surface area contributed by atoms with Crippen molar-refractivity contribution in [2.45, 2.75) is 20.5 Å². The van der Waals surface area contributed by atoms with Crippen LogP contribution in [-0.4, -0.2) is 25.9 Å². The zero-order chi connectivity index (χ0) is 21.3. The van der Waals surface area contributed by atoms with E-state index < -0.39 is 5.97 Å². The molecular weight excluding hydrogens is 402 g/mol. The quantitative estimate of drug-likeness (QED) is 0.413. The third-order valence-electron chi connectivity index (χ3n) is 4.27. The second-order valence-electron chi connectivity index (χ2n) is 6.61. The number of aryl methyl sites for hydroxylation is 2. The largest absolute Gasteiger partial charge is 0.453 e. The summed E-state index contributed by atoms with van der Waals surface area (Å²) in [5.74, 6) is -0.0641. The molecule has 5 N–H and O–H groups in total. The van der Waals surface area contributed by atoms with E-state index in [-0.39, 0.29) is 24.3 Å². The molecule has 30 heavy (non-hydrogen) atoms. The van der Waals surface area contributed by atoms with Crippen LogP contribution in [0.25, 0.3) is 10.2 Å². The average molecular weight is 421 g/mol. The van der Waals surface area contributed by atoms with Crippen LogP contribution in [0.4, 0.5) is 23.3 Å². The SMILES string of the molecule is Cc1cc(C)c2c(N)c(C(=O)OCc3nc(N)nc(Nc4ccccc4)n3)sc2n1. The fraction of sp³-hybridized carbons (Fsp3) is 0.150. The van der Waals surface area contributed by atoms with Crippen LogP contribution in [0.1, 0.15) is 26.8 Å². The van der Waals surface area contributed by atoms with Gasteiger partial charge in [-0.05, 0) is 37.6 Å². The van der Waals surface area contributed by atoms with Gasteiger partial charge in [0, 0.05) is 16.8 Å². The summed E-state index contributed by atoms with van der Waals surface area (Å²) in [5.41, 5.74) is 14.9. The molecule has 0 atom stereocenters. The van der Waals surface area contributed by atoms with Crippen LogP contribution in [0, 0.1) is 13.8 Å². The van der Waals surface area contributed by atoms with Crippen LogP contribution in [0.5, 0.6) is 0 Å². The first-order chi connectivity index (χ1) is 14.4. The third-order valence-corrected chi connectivity index (χ3v) is 5.35. The highest BCUT2D eigenvalue weighted by Crippen LogP contribution is 2.35. The molecule has 0 unspecified atom stereocenters. The van der Waals surface area contributed by atoms with E-state index in [4.69, 9.17) is 16.2 Å². The molecule has 0 aliphatic carbocycles. The molecule has 1 aromatic carbocycles. The van der Waals surface area contributed by atoms with Gasteiger partial charge in [0.25, 0.3) is 0 Å². The molecule has 0 amide bonds. The van der Waals surface area contributed by atoms with Gasteiger partial charge in [0.1, 0.15) is 9.71 Å². The summed E-state index contributed by atoms with van der Waals surface area (Å²) in [6, 6.07) is 11.3. The molecule has 0 aliphatic heterocycles. The Kier molecular flexibility index (Phi) is 5.15. The van der Waals surface area contributed by atoms with Gasteiger partial charge in [-0.1, -0.05) is 18.2 Å². The van der Waals surface area contributed by atoms with Crippen LogP contribution < -0.4 is 16.8 Å². The number of nitrogens with one attached hydrogen (secondary N) is 1. The lowest BCUT2D eigenvalue weighted by Crippen LogP contribution is -2.11. The molecule has 0 saturated heterocycles.